The Morgan fingerprint density at radius 2 is 1.98 bits per heavy atom. The number of imidazole rings is 1. The first-order valence-electron chi connectivity index (χ1n) is 12.9. The van der Waals surface area contributed by atoms with Gasteiger partial charge >= 0.3 is 5.97 Å². The zero-order valence-electron chi connectivity index (χ0n) is 23.1. The predicted octanol–water partition coefficient (Wildman–Crippen LogP) is 3.93. The van der Waals surface area contributed by atoms with E-state index >= 15 is 0 Å². The van der Waals surface area contributed by atoms with Crippen molar-refractivity contribution in [2.45, 2.75) is 39.2 Å². The number of H-pyrrole nitrogens is 1. The molecule has 1 aliphatic rings. The fourth-order valence-corrected chi connectivity index (χ4v) is 4.45. The van der Waals surface area contributed by atoms with Gasteiger partial charge in [0.15, 0.2) is 18.1 Å². The highest BCUT2D eigenvalue weighted by molar-refractivity contribution is 5.92. The predicted molar refractivity (Wildman–Crippen MR) is 146 cm³/mol. The first kappa shape index (κ1) is 27.5. The third-order valence-corrected chi connectivity index (χ3v) is 6.78. The van der Waals surface area contributed by atoms with Crippen molar-refractivity contribution in [1.82, 2.24) is 30.2 Å². The summed E-state index contributed by atoms with van der Waals surface area (Å²) in [5.74, 6) is 2.75. The van der Waals surface area contributed by atoms with Crippen molar-refractivity contribution in [3.05, 3.63) is 65.0 Å². The van der Waals surface area contributed by atoms with Crippen LogP contribution in [0.2, 0.25) is 0 Å². The fraction of sp³-hybridized carbons (Fsp3) is 0.321. The number of hydrogen-bond acceptors (Lipinski definition) is 10. The second-order valence-electron chi connectivity index (χ2n) is 9.31. The van der Waals surface area contributed by atoms with Crippen LogP contribution in [0.1, 0.15) is 49.1 Å². The molecule has 5 rings (SSSR count). The Balaban J connectivity index is 1.59. The lowest BCUT2D eigenvalue weighted by molar-refractivity contribution is -0.132. The van der Waals surface area contributed by atoms with Crippen LogP contribution in [-0.2, 0) is 17.8 Å². The molecule has 0 spiro atoms. The number of nitrogens with one attached hydrogen (secondary N) is 1. The number of fused-ring (bicyclic) bond motifs is 1. The van der Waals surface area contributed by atoms with Crippen LogP contribution in [0.15, 0.2) is 42.1 Å². The highest BCUT2D eigenvalue weighted by atomic mass is 16.7. The Bertz CT molecular complexity index is 1560. The maximum absolute atomic E-state index is 12.5. The molecule has 0 aliphatic carbocycles. The third kappa shape index (κ3) is 5.78. The molecule has 1 atom stereocenters. The van der Waals surface area contributed by atoms with Crippen molar-refractivity contribution >= 4 is 12.0 Å². The smallest absolute Gasteiger partial charge is 0.331 e. The van der Waals surface area contributed by atoms with Crippen LogP contribution in [0.25, 0.3) is 11.8 Å². The lowest BCUT2D eigenvalue weighted by Crippen LogP contribution is -2.10. The SMILES string of the molecule is CCC(C)c1ncc(C=C(Cc2cc3c(cc2OC)OCO3)C(=O)O)n1-c1ccc(OC)cc1OCc1nn[nH]n1. The van der Waals surface area contributed by atoms with Crippen molar-refractivity contribution < 1.29 is 33.6 Å². The van der Waals surface area contributed by atoms with Crippen LogP contribution < -0.4 is 23.7 Å². The number of carboxylic acid groups (broad SMARTS) is 1. The number of methoxy groups -OCH3 is 2. The number of benzene rings is 2. The number of hydrogen-bond donors (Lipinski definition) is 2. The minimum absolute atomic E-state index is 0.0550. The standard InChI is InChI=1S/C28H30N6O7/c1-5-16(2)27-29-13-19(9-18(28(35)36)8-17-10-24-25(41-15-40-24)12-22(17)38-4)34(27)21-7-6-20(37-3)11-23(21)39-14-26-30-32-33-31-26/h6-7,9-13,16H,5,8,14-15H2,1-4H3,(H,35,36)(H,30,31,32,33). The van der Waals surface area contributed by atoms with Gasteiger partial charge in [-0.1, -0.05) is 19.1 Å². The fourth-order valence-electron chi connectivity index (χ4n) is 4.45. The average molecular weight is 563 g/mol. The monoisotopic (exact) mass is 562 g/mol. The summed E-state index contributed by atoms with van der Waals surface area (Å²) in [5, 5.41) is 24.1. The van der Waals surface area contributed by atoms with Gasteiger partial charge in [0.25, 0.3) is 0 Å². The highest BCUT2D eigenvalue weighted by Crippen LogP contribution is 2.39. The van der Waals surface area contributed by atoms with Gasteiger partial charge in [0.1, 0.15) is 23.1 Å². The molecule has 13 nitrogen and oxygen atoms in total. The maximum atomic E-state index is 12.5. The number of carbonyl (C=O) groups is 1. The lowest BCUT2D eigenvalue weighted by atomic mass is 10.0. The van der Waals surface area contributed by atoms with Crippen molar-refractivity contribution in [3.8, 4) is 34.4 Å². The van der Waals surface area contributed by atoms with Crippen molar-refractivity contribution in [3.63, 3.8) is 0 Å². The molecule has 1 aliphatic heterocycles. The molecule has 0 radical (unpaired) electrons. The van der Waals surface area contributed by atoms with E-state index in [2.05, 4.69) is 34.5 Å². The van der Waals surface area contributed by atoms with E-state index in [9.17, 15) is 9.90 Å². The Morgan fingerprint density at radius 1 is 1.17 bits per heavy atom. The van der Waals surface area contributed by atoms with Crippen LogP contribution in [0.4, 0.5) is 0 Å². The average Bonchev–Trinajstić information content (AvgIpc) is 3.76. The van der Waals surface area contributed by atoms with E-state index < -0.39 is 5.97 Å². The summed E-state index contributed by atoms with van der Waals surface area (Å²) < 4.78 is 29.9. The van der Waals surface area contributed by atoms with Crippen LogP contribution in [0.3, 0.4) is 0 Å². The summed E-state index contributed by atoms with van der Waals surface area (Å²) in [6.45, 7) is 4.28. The molecule has 2 N–H and O–H groups in total. The normalized spacial score (nSPS) is 13.2. The van der Waals surface area contributed by atoms with Gasteiger partial charge in [-0.15, -0.1) is 10.2 Å². The van der Waals surface area contributed by atoms with E-state index in [1.54, 1.807) is 43.6 Å². The number of aliphatic carboxylic acids is 1. The number of rotatable bonds is 12. The molecule has 2 aromatic heterocycles. The molecule has 0 fully saturated rings. The molecule has 0 saturated heterocycles. The second-order valence-corrected chi connectivity index (χ2v) is 9.31. The van der Waals surface area contributed by atoms with E-state index in [1.807, 2.05) is 10.6 Å². The lowest BCUT2D eigenvalue weighted by Gasteiger charge is -2.19. The Hall–Kier alpha value is -5.07. The first-order valence-corrected chi connectivity index (χ1v) is 12.9. The number of tetrazole rings is 1. The summed E-state index contributed by atoms with van der Waals surface area (Å²) in [7, 11) is 3.09. The van der Waals surface area contributed by atoms with Crippen molar-refractivity contribution in [1.29, 1.82) is 0 Å². The van der Waals surface area contributed by atoms with Gasteiger partial charge in [-0.2, -0.15) is 5.21 Å². The number of aromatic nitrogens is 6. The van der Waals surface area contributed by atoms with Crippen LogP contribution in [-0.4, -0.2) is 62.3 Å². The van der Waals surface area contributed by atoms with E-state index in [4.69, 9.17) is 28.7 Å². The third-order valence-electron chi connectivity index (χ3n) is 6.78. The highest BCUT2D eigenvalue weighted by Gasteiger charge is 2.23. The molecule has 0 amide bonds. The molecule has 0 bridgehead atoms. The summed E-state index contributed by atoms with van der Waals surface area (Å²) in [5.41, 5.74) is 1.99. The van der Waals surface area contributed by atoms with Crippen molar-refractivity contribution in [2.24, 2.45) is 0 Å². The van der Waals surface area contributed by atoms with E-state index in [1.165, 1.54) is 7.11 Å². The van der Waals surface area contributed by atoms with Crippen LogP contribution in [0.5, 0.6) is 28.7 Å². The molecular weight excluding hydrogens is 532 g/mol. The minimum Gasteiger partial charge on any atom is -0.497 e. The summed E-state index contributed by atoms with van der Waals surface area (Å²) >= 11 is 0. The molecule has 214 valence electrons. The van der Waals surface area contributed by atoms with Gasteiger partial charge in [-0.25, -0.2) is 9.78 Å². The van der Waals surface area contributed by atoms with E-state index in [-0.39, 0.29) is 31.3 Å². The molecule has 1 unspecified atom stereocenters. The minimum atomic E-state index is -1.08. The molecular formula is C28H30N6O7. The molecule has 4 aromatic rings. The zero-order valence-corrected chi connectivity index (χ0v) is 23.1. The number of nitrogens with zero attached hydrogens (tertiary/aromatic N) is 5. The molecule has 41 heavy (non-hydrogen) atoms. The van der Waals surface area contributed by atoms with E-state index in [0.29, 0.717) is 51.5 Å². The van der Waals surface area contributed by atoms with Gasteiger partial charge in [0.2, 0.25) is 12.6 Å². The molecule has 13 heteroatoms. The van der Waals surface area contributed by atoms with Gasteiger partial charge in [0, 0.05) is 35.6 Å². The Labute approximate surface area is 235 Å². The number of carboxylic acids is 1. The van der Waals surface area contributed by atoms with Crippen LogP contribution >= 0.6 is 0 Å². The quantitative estimate of drug-likeness (QED) is 0.241. The zero-order chi connectivity index (χ0) is 28.9. The maximum Gasteiger partial charge on any atom is 0.331 e. The molecule has 0 saturated carbocycles. The Morgan fingerprint density at radius 3 is 2.66 bits per heavy atom. The largest absolute Gasteiger partial charge is 0.497 e. The van der Waals surface area contributed by atoms with Crippen LogP contribution in [0, 0.1) is 0 Å². The first-order chi connectivity index (χ1) is 19.9. The summed E-state index contributed by atoms with van der Waals surface area (Å²) in [6, 6.07) is 8.84. The van der Waals surface area contributed by atoms with Crippen molar-refractivity contribution in [2.75, 3.05) is 21.0 Å². The van der Waals surface area contributed by atoms with Gasteiger partial charge in [0.05, 0.1) is 31.8 Å². The molecule has 3 heterocycles. The summed E-state index contributed by atoms with van der Waals surface area (Å²) in [4.78, 5) is 17.2. The molecule has 2 aromatic carbocycles. The van der Waals surface area contributed by atoms with Gasteiger partial charge in [-0.05, 0) is 30.7 Å². The summed E-state index contributed by atoms with van der Waals surface area (Å²) in [6.07, 6.45) is 4.16. The van der Waals surface area contributed by atoms with E-state index in [0.717, 1.165) is 12.2 Å². The topological polar surface area (TPSA) is 156 Å². The second kappa shape index (κ2) is 12.0. The Kier molecular flexibility index (Phi) is 8.04. The number of aromatic amines is 1. The number of ether oxygens (including phenoxy) is 5. The van der Waals surface area contributed by atoms with Gasteiger partial charge in [-0.3, -0.25) is 4.57 Å². The van der Waals surface area contributed by atoms with Gasteiger partial charge < -0.3 is 28.8 Å².